The lowest BCUT2D eigenvalue weighted by Crippen LogP contribution is -2.51. The van der Waals surface area contributed by atoms with Crippen LogP contribution in [0.15, 0.2) is 24.3 Å². The number of likely N-dealkylation sites (N-methyl/N-ethyl adjacent to an activating group) is 1. The summed E-state index contributed by atoms with van der Waals surface area (Å²) in [5.74, 6) is -0.356. The summed E-state index contributed by atoms with van der Waals surface area (Å²) >= 11 is 0. The van der Waals surface area contributed by atoms with E-state index in [1.807, 2.05) is 52.2 Å². The van der Waals surface area contributed by atoms with Crippen LogP contribution in [0.5, 0.6) is 0 Å². The predicted octanol–water partition coefficient (Wildman–Crippen LogP) is 0.847. The van der Waals surface area contributed by atoms with Crippen LogP contribution in [0.2, 0.25) is 0 Å². The van der Waals surface area contributed by atoms with Gasteiger partial charge in [0.25, 0.3) is 0 Å². The molecule has 3 N–H and O–H groups in total. The van der Waals surface area contributed by atoms with E-state index in [-0.39, 0.29) is 5.91 Å². The number of nitrogens with two attached hydrogens (primary N) is 1. The summed E-state index contributed by atoms with van der Waals surface area (Å²) in [6.07, 6.45) is 0. The normalized spacial score (nSPS) is 14.5. The molecular weight excluding hydrogens is 226 g/mol. The summed E-state index contributed by atoms with van der Waals surface area (Å²) in [5.41, 5.74) is 6.79. The number of hydrogen-bond donors (Lipinski definition) is 2. The second-order valence-electron chi connectivity index (χ2n) is 5.09. The second-order valence-corrected chi connectivity index (χ2v) is 5.09. The molecule has 1 amide bonds. The number of rotatable bonds is 6. The highest BCUT2D eigenvalue weighted by molar-refractivity contribution is 5.85. The Balaban J connectivity index is 2.86. The molecular formula is C14H23N3O. The lowest BCUT2D eigenvalue weighted by Gasteiger charge is -2.29. The summed E-state index contributed by atoms with van der Waals surface area (Å²) in [6.45, 7) is 5.41. The smallest absolute Gasteiger partial charge is 0.242 e. The van der Waals surface area contributed by atoms with Gasteiger partial charge in [-0.2, -0.15) is 0 Å². The van der Waals surface area contributed by atoms with Crippen molar-refractivity contribution in [1.29, 1.82) is 0 Å². The van der Waals surface area contributed by atoms with E-state index in [0.29, 0.717) is 6.54 Å². The fourth-order valence-corrected chi connectivity index (χ4v) is 1.75. The van der Waals surface area contributed by atoms with E-state index < -0.39 is 5.54 Å². The van der Waals surface area contributed by atoms with Gasteiger partial charge in [0.2, 0.25) is 5.91 Å². The Bertz CT molecular complexity index is 400. The molecule has 1 atom stereocenters. The zero-order chi connectivity index (χ0) is 13.8. The van der Waals surface area contributed by atoms with E-state index in [2.05, 4.69) is 10.2 Å². The van der Waals surface area contributed by atoms with E-state index in [1.54, 1.807) is 0 Å². The van der Waals surface area contributed by atoms with Crippen molar-refractivity contribution in [3.05, 3.63) is 35.4 Å². The monoisotopic (exact) mass is 249 g/mol. The summed E-state index contributed by atoms with van der Waals surface area (Å²) < 4.78 is 0. The van der Waals surface area contributed by atoms with Crippen LogP contribution in [-0.4, -0.2) is 38.0 Å². The van der Waals surface area contributed by atoms with E-state index in [9.17, 15) is 4.79 Å². The lowest BCUT2D eigenvalue weighted by molar-refractivity contribution is -0.124. The van der Waals surface area contributed by atoms with Crippen molar-refractivity contribution in [2.24, 2.45) is 5.73 Å². The first-order chi connectivity index (χ1) is 8.36. The van der Waals surface area contributed by atoms with Crippen molar-refractivity contribution < 1.29 is 4.79 Å². The summed E-state index contributed by atoms with van der Waals surface area (Å²) in [6, 6.07) is 7.87. The zero-order valence-electron chi connectivity index (χ0n) is 11.7. The quantitative estimate of drug-likeness (QED) is 0.785. The average Bonchev–Trinajstić information content (AvgIpc) is 2.28. The standard InChI is InChI=1S/C14H23N3O/c1-11-5-7-12(8-6-11)14(2,13(15)18)16-9-10-17(3)4/h5-8,16H,9-10H2,1-4H3,(H2,15,18). The highest BCUT2D eigenvalue weighted by Gasteiger charge is 2.32. The Labute approximate surface area is 109 Å². The molecule has 0 heterocycles. The Morgan fingerprint density at radius 2 is 1.89 bits per heavy atom. The highest BCUT2D eigenvalue weighted by atomic mass is 16.1. The number of nitrogens with one attached hydrogen (secondary N) is 1. The van der Waals surface area contributed by atoms with Crippen LogP contribution in [0, 0.1) is 6.92 Å². The Morgan fingerprint density at radius 3 is 2.33 bits per heavy atom. The number of nitrogens with zero attached hydrogens (tertiary/aromatic N) is 1. The molecule has 1 rings (SSSR count). The van der Waals surface area contributed by atoms with E-state index in [1.165, 1.54) is 5.56 Å². The molecule has 1 unspecified atom stereocenters. The fourth-order valence-electron chi connectivity index (χ4n) is 1.75. The first-order valence-electron chi connectivity index (χ1n) is 6.13. The molecule has 0 aliphatic rings. The van der Waals surface area contributed by atoms with Gasteiger partial charge in [0.1, 0.15) is 5.54 Å². The minimum atomic E-state index is -0.816. The SMILES string of the molecule is Cc1ccc(C(C)(NCCN(C)C)C(N)=O)cc1. The maximum absolute atomic E-state index is 11.7. The molecule has 0 spiro atoms. The Kier molecular flexibility index (Phi) is 4.87. The minimum Gasteiger partial charge on any atom is -0.368 e. The predicted molar refractivity (Wildman–Crippen MR) is 74.3 cm³/mol. The molecule has 4 heteroatoms. The Hall–Kier alpha value is -1.39. The molecule has 0 aliphatic heterocycles. The molecule has 4 nitrogen and oxygen atoms in total. The van der Waals surface area contributed by atoms with Crippen molar-refractivity contribution in [3.8, 4) is 0 Å². The van der Waals surface area contributed by atoms with Crippen LogP contribution >= 0.6 is 0 Å². The van der Waals surface area contributed by atoms with Crippen LogP contribution in [-0.2, 0) is 10.3 Å². The summed E-state index contributed by atoms with van der Waals surface area (Å²) in [7, 11) is 3.99. The zero-order valence-corrected chi connectivity index (χ0v) is 11.7. The number of primary amides is 1. The van der Waals surface area contributed by atoms with Gasteiger partial charge in [-0.05, 0) is 33.5 Å². The molecule has 0 radical (unpaired) electrons. The number of benzene rings is 1. The Morgan fingerprint density at radius 1 is 1.33 bits per heavy atom. The van der Waals surface area contributed by atoms with Gasteiger partial charge in [-0.3, -0.25) is 10.1 Å². The van der Waals surface area contributed by atoms with Gasteiger partial charge in [0.15, 0.2) is 0 Å². The van der Waals surface area contributed by atoms with Crippen LogP contribution < -0.4 is 11.1 Å². The van der Waals surface area contributed by atoms with Crippen LogP contribution in [0.3, 0.4) is 0 Å². The maximum atomic E-state index is 11.7. The molecule has 18 heavy (non-hydrogen) atoms. The lowest BCUT2D eigenvalue weighted by atomic mass is 9.90. The summed E-state index contributed by atoms with van der Waals surface area (Å²) in [4.78, 5) is 13.8. The first kappa shape index (κ1) is 14.7. The molecule has 0 aliphatic carbocycles. The van der Waals surface area contributed by atoms with E-state index >= 15 is 0 Å². The number of hydrogen-bond acceptors (Lipinski definition) is 3. The van der Waals surface area contributed by atoms with Gasteiger partial charge in [-0.25, -0.2) is 0 Å². The molecule has 100 valence electrons. The van der Waals surface area contributed by atoms with Crippen molar-refractivity contribution in [2.45, 2.75) is 19.4 Å². The van der Waals surface area contributed by atoms with Gasteiger partial charge in [-0.15, -0.1) is 0 Å². The topological polar surface area (TPSA) is 58.4 Å². The van der Waals surface area contributed by atoms with Crippen molar-refractivity contribution in [1.82, 2.24) is 10.2 Å². The minimum absolute atomic E-state index is 0.356. The number of aryl methyl sites for hydroxylation is 1. The van der Waals surface area contributed by atoms with E-state index in [4.69, 9.17) is 5.73 Å². The second kappa shape index (κ2) is 5.98. The van der Waals surface area contributed by atoms with Crippen LogP contribution in [0.4, 0.5) is 0 Å². The molecule has 1 aromatic carbocycles. The maximum Gasteiger partial charge on any atom is 0.242 e. The number of amides is 1. The third-order valence-electron chi connectivity index (χ3n) is 3.16. The van der Waals surface area contributed by atoms with Gasteiger partial charge in [0, 0.05) is 13.1 Å². The largest absolute Gasteiger partial charge is 0.368 e. The van der Waals surface area contributed by atoms with Crippen LogP contribution in [0.25, 0.3) is 0 Å². The first-order valence-corrected chi connectivity index (χ1v) is 6.13. The molecule has 0 saturated heterocycles. The fraction of sp³-hybridized carbons (Fsp3) is 0.500. The number of carbonyl (C=O) groups is 1. The van der Waals surface area contributed by atoms with Crippen molar-refractivity contribution in [2.75, 3.05) is 27.2 Å². The summed E-state index contributed by atoms with van der Waals surface area (Å²) in [5, 5.41) is 3.25. The third-order valence-corrected chi connectivity index (χ3v) is 3.16. The van der Waals surface area contributed by atoms with Crippen LogP contribution in [0.1, 0.15) is 18.1 Å². The molecule has 0 bridgehead atoms. The van der Waals surface area contributed by atoms with Gasteiger partial charge >= 0.3 is 0 Å². The van der Waals surface area contributed by atoms with Gasteiger partial charge in [-0.1, -0.05) is 29.8 Å². The molecule has 0 saturated carbocycles. The van der Waals surface area contributed by atoms with Crippen molar-refractivity contribution in [3.63, 3.8) is 0 Å². The number of carbonyl (C=O) groups excluding carboxylic acids is 1. The molecule has 0 aromatic heterocycles. The van der Waals surface area contributed by atoms with E-state index in [0.717, 1.165) is 12.1 Å². The molecule has 1 aromatic rings. The molecule has 0 fully saturated rings. The average molecular weight is 249 g/mol. The third kappa shape index (κ3) is 3.55. The van der Waals surface area contributed by atoms with Crippen molar-refractivity contribution >= 4 is 5.91 Å². The highest BCUT2D eigenvalue weighted by Crippen LogP contribution is 2.20. The van der Waals surface area contributed by atoms with Gasteiger partial charge < -0.3 is 10.6 Å². The van der Waals surface area contributed by atoms with Gasteiger partial charge in [0.05, 0.1) is 0 Å².